The number of aromatic nitrogens is 3. The fourth-order valence-corrected chi connectivity index (χ4v) is 2.97. The van der Waals surface area contributed by atoms with E-state index in [1.807, 2.05) is 42.5 Å². The van der Waals surface area contributed by atoms with Gasteiger partial charge in [-0.25, -0.2) is 4.98 Å². The van der Waals surface area contributed by atoms with Gasteiger partial charge in [0.1, 0.15) is 5.82 Å². The molecule has 0 saturated heterocycles. The van der Waals surface area contributed by atoms with Crippen molar-refractivity contribution in [2.24, 2.45) is 0 Å². The molecule has 0 atom stereocenters. The highest BCUT2D eigenvalue weighted by Gasteiger charge is 2.10. The van der Waals surface area contributed by atoms with Crippen molar-refractivity contribution in [3.05, 3.63) is 71.9 Å². The predicted octanol–water partition coefficient (Wildman–Crippen LogP) is 3.14. The Labute approximate surface area is 155 Å². The molecule has 2 aromatic carbocycles. The summed E-state index contributed by atoms with van der Waals surface area (Å²) in [6, 6.07) is 16.9. The molecular formula is C21H18N4O2. The molecule has 134 valence electrons. The maximum absolute atomic E-state index is 11.8. The zero-order valence-electron chi connectivity index (χ0n) is 14.7. The second-order valence-corrected chi connectivity index (χ2v) is 6.19. The van der Waals surface area contributed by atoms with E-state index in [9.17, 15) is 9.90 Å². The van der Waals surface area contributed by atoms with Crippen LogP contribution in [0.3, 0.4) is 0 Å². The molecule has 0 aliphatic heterocycles. The van der Waals surface area contributed by atoms with Crippen LogP contribution in [0.15, 0.2) is 60.8 Å². The molecule has 2 aromatic heterocycles. The van der Waals surface area contributed by atoms with Crippen LogP contribution in [0.1, 0.15) is 15.9 Å². The Kier molecular flexibility index (Phi) is 4.40. The first kappa shape index (κ1) is 16.9. The predicted molar refractivity (Wildman–Crippen MR) is 104 cm³/mol. The molecule has 1 amide bonds. The average Bonchev–Trinajstić information content (AvgIpc) is 3.16. The molecular weight excluding hydrogens is 340 g/mol. The van der Waals surface area contributed by atoms with E-state index in [2.05, 4.69) is 20.3 Å². The number of amides is 1. The van der Waals surface area contributed by atoms with Crippen molar-refractivity contribution in [1.29, 1.82) is 0 Å². The standard InChI is InChI=1S/C21H18N4O2/c1-22-21(27)15-5-8-18-19(10-15)25-20(24-18)16-6-7-17(23-11-16)14-4-2-3-13(9-14)12-26/h2-11,26H,12H2,1H3,(H,22,27)(H,24,25). The summed E-state index contributed by atoms with van der Waals surface area (Å²) in [7, 11) is 1.61. The summed E-state index contributed by atoms with van der Waals surface area (Å²) in [5.41, 5.74) is 5.65. The van der Waals surface area contributed by atoms with E-state index in [1.165, 1.54) is 0 Å². The highest BCUT2D eigenvalue weighted by Crippen LogP contribution is 2.24. The zero-order chi connectivity index (χ0) is 18.8. The number of H-pyrrole nitrogens is 1. The largest absolute Gasteiger partial charge is 0.392 e. The summed E-state index contributed by atoms with van der Waals surface area (Å²) in [5, 5.41) is 11.9. The van der Waals surface area contributed by atoms with E-state index in [-0.39, 0.29) is 12.5 Å². The van der Waals surface area contributed by atoms with Crippen LogP contribution >= 0.6 is 0 Å². The van der Waals surface area contributed by atoms with Gasteiger partial charge in [0, 0.05) is 29.9 Å². The van der Waals surface area contributed by atoms with Gasteiger partial charge in [-0.15, -0.1) is 0 Å². The lowest BCUT2D eigenvalue weighted by atomic mass is 10.1. The first-order chi connectivity index (χ1) is 13.2. The number of hydrogen-bond donors (Lipinski definition) is 3. The van der Waals surface area contributed by atoms with Crippen LogP contribution in [0.4, 0.5) is 0 Å². The van der Waals surface area contributed by atoms with Crippen LogP contribution in [0.2, 0.25) is 0 Å². The average molecular weight is 358 g/mol. The van der Waals surface area contributed by atoms with Crippen molar-refractivity contribution >= 4 is 16.9 Å². The van der Waals surface area contributed by atoms with Crippen molar-refractivity contribution in [3.8, 4) is 22.6 Å². The number of carbonyl (C=O) groups excluding carboxylic acids is 1. The molecule has 0 radical (unpaired) electrons. The van der Waals surface area contributed by atoms with Crippen molar-refractivity contribution < 1.29 is 9.90 Å². The smallest absolute Gasteiger partial charge is 0.251 e. The minimum atomic E-state index is -0.135. The van der Waals surface area contributed by atoms with Crippen LogP contribution in [0, 0.1) is 0 Å². The van der Waals surface area contributed by atoms with E-state index < -0.39 is 0 Å². The molecule has 6 heteroatoms. The van der Waals surface area contributed by atoms with Crippen molar-refractivity contribution in [2.75, 3.05) is 7.05 Å². The van der Waals surface area contributed by atoms with Crippen LogP contribution in [-0.2, 0) is 6.61 Å². The molecule has 4 aromatic rings. The third-order valence-electron chi connectivity index (χ3n) is 4.41. The zero-order valence-corrected chi connectivity index (χ0v) is 14.7. The Hall–Kier alpha value is -3.51. The molecule has 0 unspecified atom stereocenters. The molecule has 0 aliphatic rings. The maximum Gasteiger partial charge on any atom is 0.251 e. The van der Waals surface area contributed by atoms with E-state index >= 15 is 0 Å². The summed E-state index contributed by atoms with van der Waals surface area (Å²) < 4.78 is 0. The van der Waals surface area contributed by atoms with Crippen molar-refractivity contribution in [1.82, 2.24) is 20.3 Å². The van der Waals surface area contributed by atoms with Crippen LogP contribution in [-0.4, -0.2) is 33.0 Å². The molecule has 0 bridgehead atoms. The number of benzene rings is 2. The van der Waals surface area contributed by atoms with E-state index in [0.29, 0.717) is 11.4 Å². The topological polar surface area (TPSA) is 90.9 Å². The highest BCUT2D eigenvalue weighted by molar-refractivity contribution is 5.97. The van der Waals surface area contributed by atoms with Gasteiger partial charge in [0.2, 0.25) is 0 Å². The van der Waals surface area contributed by atoms with Gasteiger partial charge in [0.05, 0.1) is 23.3 Å². The van der Waals surface area contributed by atoms with Crippen LogP contribution < -0.4 is 5.32 Å². The monoisotopic (exact) mass is 358 g/mol. The van der Waals surface area contributed by atoms with E-state index in [4.69, 9.17) is 0 Å². The third kappa shape index (κ3) is 3.30. The number of nitrogens with one attached hydrogen (secondary N) is 2. The fourth-order valence-electron chi connectivity index (χ4n) is 2.97. The number of rotatable bonds is 4. The second-order valence-electron chi connectivity index (χ2n) is 6.19. The number of hydrogen-bond acceptors (Lipinski definition) is 4. The van der Waals surface area contributed by atoms with Crippen molar-refractivity contribution in [3.63, 3.8) is 0 Å². The van der Waals surface area contributed by atoms with Crippen LogP contribution in [0.25, 0.3) is 33.7 Å². The number of aliphatic hydroxyl groups is 1. The highest BCUT2D eigenvalue weighted by atomic mass is 16.3. The van der Waals surface area contributed by atoms with Gasteiger partial charge in [-0.05, 0) is 42.0 Å². The van der Waals surface area contributed by atoms with Gasteiger partial charge in [0.15, 0.2) is 0 Å². The van der Waals surface area contributed by atoms with Crippen LogP contribution in [0.5, 0.6) is 0 Å². The lowest BCUT2D eigenvalue weighted by Gasteiger charge is -2.04. The molecule has 0 fully saturated rings. The number of pyridine rings is 1. The van der Waals surface area contributed by atoms with Gasteiger partial charge in [-0.1, -0.05) is 18.2 Å². The number of aromatic amines is 1. The molecule has 6 nitrogen and oxygen atoms in total. The van der Waals surface area contributed by atoms with Crippen molar-refractivity contribution in [2.45, 2.75) is 6.61 Å². The van der Waals surface area contributed by atoms with Gasteiger partial charge in [0.25, 0.3) is 5.91 Å². The summed E-state index contributed by atoms with van der Waals surface area (Å²) in [4.78, 5) is 24.1. The lowest BCUT2D eigenvalue weighted by Crippen LogP contribution is -2.17. The summed E-state index contributed by atoms with van der Waals surface area (Å²) in [6.07, 6.45) is 1.76. The molecule has 0 spiro atoms. The van der Waals surface area contributed by atoms with Gasteiger partial charge < -0.3 is 15.4 Å². The number of aliphatic hydroxyl groups excluding tert-OH is 1. The second kappa shape index (κ2) is 7.01. The van der Waals surface area contributed by atoms with E-state index in [1.54, 1.807) is 25.4 Å². The Morgan fingerprint density at radius 1 is 1.11 bits per heavy atom. The third-order valence-corrected chi connectivity index (χ3v) is 4.41. The molecule has 0 saturated carbocycles. The Bertz CT molecular complexity index is 1120. The number of carbonyl (C=O) groups is 1. The van der Waals surface area contributed by atoms with Gasteiger partial charge in [-0.3, -0.25) is 9.78 Å². The lowest BCUT2D eigenvalue weighted by molar-refractivity contribution is 0.0963. The Morgan fingerprint density at radius 2 is 2.00 bits per heavy atom. The minimum absolute atomic E-state index is 0.00293. The Balaban J connectivity index is 1.66. The fraction of sp³-hybridized carbons (Fsp3) is 0.0952. The maximum atomic E-state index is 11.8. The number of imidazole rings is 1. The summed E-state index contributed by atoms with van der Waals surface area (Å²) in [5.74, 6) is 0.561. The quantitative estimate of drug-likeness (QED) is 0.523. The van der Waals surface area contributed by atoms with Gasteiger partial charge in [-0.2, -0.15) is 0 Å². The summed E-state index contributed by atoms with van der Waals surface area (Å²) in [6.45, 7) is 0.00293. The molecule has 2 heterocycles. The molecule has 4 rings (SSSR count). The SMILES string of the molecule is CNC(=O)c1ccc2nc(-c3ccc(-c4cccc(CO)c4)nc3)[nH]c2c1. The summed E-state index contributed by atoms with van der Waals surface area (Å²) >= 11 is 0. The minimum Gasteiger partial charge on any atom is -0.392 e. The normalized spacial score (nSPS) is 10.9. The molecule has 27 heavy (non-hydrogen) atoms. The first-order valence-electron chi connectivity index (χ1n) is 8.56. The first-order valence-corrected chi connectivity index (χ1v) is 8.56. The Morgan fingerprint density at radius 3 is 2.74 bits per heavy atom. The van der Waals surface area contributed by atoms with Gasteiger partial charge >= 0.3 is 0 Å². The number of fused-ring (bicyclic) bond motifs is 1. The molecule has 0 aliphatic carbocycles. The number of nitrogens with zero attached hydrogens (tertiary/aromatic N) is 2. The molecule has 3 N–H and O–H groups in total. The van der Waals surface area contributed by atoms with E-state index in [0.717, 1.165) is 33.4 Å².